The number of phenolic OH excluding ortho intramolecular Hbond substituents is 2. The van der Waals surface area contributed by atoms with Crippen LogP contribution >= 0.6 is 0 Å². The molecule has 0 heterocycles. The SMILES string of the molecule is C=CCOc1ccccc1OCC(O)CNC(C)C.CC(C)NCC(O)c1cc(O)cc(O)c1. The summed E-state index contributed by atoms with van der Waals surface area (Å²) in [5, 5.41) is 44.2. The highest BCUT2D eigenvalue weighted by Crippen LogP contribution is 2.26. The minimum Gasteiger partial charge on any atom is -0.508 e. The lowest BCUT2D eigenvalue weighted by atomic mass is 10.1. The van der Waals surface area contributed by atoms with E-state index in [9.17, 15) is 20.4 Å². The number of ether oxygens (including phenoxy) is 2. The van der Waals surface area contributed by atoms with Gasteiger partial charge in [0.2, 0.25) is 0 Å². The zero-order valence-electron chi connectivity index (χ0n) is 20.6. The minimum absolute atomic E-state index is 0.0476. The van der Waals surface area contributed by atoms with Crippen LogP contribution < -0.4 is 20.1 Å². The van der Waals surface area contributed by atoms with E-state index in [0.717, 1.165) is 0 Å². The number of benzene rings is 2. The second kappa shape index (κ2) is 16.0. The molecule has 34 heavy (non-hydrogen) atoms. The summed E-state index contributed by atoms with van der Waals surface area (Å²) in [5.41, 5.74) is 0.501. The summed E-state index contributed by atoms with van der Waals surface area (Å²) in [4.78, 5) is 0. The molecule has 0 aliphatic heterocycles. The molecular formula is C26H40N2O6. The lowest BCUT2D eigenvalue weighted by Crippen LogP contribution is -2.35. The fourth-order valence-corrected chi connectivity index (χ4v) is 2.73. The average molecular weight is 477 g/mol. The van der Waals surface area contributed by atoms with Gasteiger partial charge < -0.3 is 40.5 Å². The molecule has 2 aromatic rings. The van der Waals surface area contributed by atoms with Crippen molar-refractivity contribution in [3.8, 4) is 23.0 Å². The Balaban J connectivity index is 0.000000350. The van der Waals surface area contributed by atoms with E-state index >= 15 is 0 Å². The third-order valence-electron chi connectivity index (χ3n) is 4.43. The van der Waals surface area contributed by atoms with E-state index in [-0.39, 0.29) is 24.1 Å². The standard InChI is InChI=1S/C15H23NO3.C11H17NO3/c1-4-9-18-14-7-5-6-8-15(14)19-11-13(17)10-16-12(2)3;1-7(2)12-6-11(15)8-3-9(13)5-10(14)4-8/h4-8,12-13,16-17H,1,9-11H2,2-3H3;3-5,7,11-15H,6H2,1-2H3. The third kappa shape index (κ3) is 12.5. The normalized spacial score (nSPS) is 12.6. The van der Waals surface area contributed by atoms with E-state index in [1.54, 1.807) is 6.08 Å². The summed E-state index contributed by atoms with van der Waals surface area (Å²) < 4.78 is 11.1. The van der Waals surface area contributed by atoms with Gasteiger partial charge in [0.15, 0.2) is 11.5 Å². The number of aromatic hydroxyl groups is 2. The van der Waals surface area contributed by atoms with Crippen LogP contribution in [0.25, 0.3) is 0 Å². The van der Waals surface area contributed by atoms with Crippen molar-refractivity contribution >= 4 is 0 Å². The van der Waals surface area contributed by atoms with E-state index in [1.807, 2.05) is 52.0 Å². The zero-order chi connectivity index (χ0) is 25.5. The smallest absolute Gasteiger partial charge is 0.161 e. The molecule has 0 aromatic heterocycles. The number of aliphatic hydroxyl groups excluding tert-OH is 2. The van der Waals surface area contributed by atoms with Gasteiger partial charge in [-0.15, -0.1) is 0 Å². The van der Waals surface area contributed by atoms with Gasteiger partial charge >= 0.3 is 0 Å². The van der Waals surface area contributed by atoms with Gasteiger partial charge in [-0.2, -0.15) is 0 Å². The van der Waals surface area contributed by atoms with Crippen LogP contribution in [-0.4, -0.2) is 64.9 Å². The molecule has 0 radical (unpaired) electrons. The number of para-hydroxylation sites is 2. The first-order valence-electron chi connectivity index (χ1n) is 11.4. The molecule has 2 unspecified atom stereocenters. The molecule has 0 amide bonds. The second-order valence-electron chi connectivity index (χ2n) is 8.44. The third-order valence-corrected chi connectivity index (χ3v) is 4.43. The maximum absolute atomic E-state index is 9.78. The number of aliphatic hydroxyl groups is 2. The summed E-state index contributed by atoms with van der Waals surface area (Å²) in [6, 6.07) is 12.1. The molecule has 8 nitrogen and oxygen atoms in total. The van der Waals surface area contributed by atoms with Crippen molar-refractivity contribution in [1.82, 2.24) is 10.6 Å². The molecule has 8 heteroatoms. The maximum Gasteiger partial charge on any atom is 0.161 e. The quantitative estimate of drug-likeness (QED) is 0.244. The predicted octanol–water partition coefficient (Wildman–Crippen LogP) is 3.12. The first-order valence-corrected chi connectivity index (χ1v) is 11.4. The number of phenols is 2. The van der Waals surface area contributed by atoms with Crippen LogP contribution in [0.1, 0.15) is 39.4 Å². The summed E-state index contributed by atoms with van der Waals surface area (Å²) >= 11 is 0. The van der Waals surface area contributed by atoms with Crippen LogP contribution in [0.2, 0.25) is 0 Å². The molecule has 0 bridgehead atoms. The Kier molecular flexibility index (Phi) is 13.7. The Morgan fingerprint density at radius 2 is 1.38 bits per heavy atom. The van der Waals surface area contributed by atoms with Gasteiger partial charge in [0.25, 0.3) is 0 Å². The fourth-order valence-electron chi connectivity index (χ4n) is 2.73. The van der Waals surface area contributed by atoms with E-state index in [4.69, 9.17) is 9.47 Å². The Bertz CT molecular complexity index is 824. The molecule has 0 saturated carbocycles. The number of rotatable bonds is 13. The highest BCUT2D eigenvalue weighted by molar-refractivity contribution is 5.39. The van der Waals surface area contributed by atoms with Gasteiger partial charge in [0.05, 0.1) is 6.10 Å². The molecule has 2 rings (SSSR count). The van der Waals surface area contributed by atoms with Crippen LogP contribution in [0.4, 0.5) is 0 Å². The van der Waals surface area contributed by atoms with Gasteiger partial charge in [-0.1, -0.05) is 52.5 Å². The van der Waals surface area contributed by atoms with Gasteiger partial charge in [-0.05, 0) is 29.8 Å². The van der Waals surface area contributed by atoms with Crippen molar-refractivity contribution in [2.75, 3.05) is 26.3 Å². The predicted molar refractivity (Wildman–Crippen MR) is 135 cm³/mol. The summed E-state index contributed by atoms with van der Waals surface area (Å²) in [5.74, 6) is 1.20. The monoisotopic (exact) mass is 476 g/mol. The minimum atomic E-state index is -0.731. The van der Waals surface area contributed by atoms with Gasteiger partial charge in [0.1, 0.15) is 30.8 Å². The van der Waals surface area contributed by atoms with Gasteiger partial charge in [0, 0.05) is 31.2 Å². The van der Waals surface area contributed by atoms with E-state index in [2.05, 4.69) is 17.2 Å². The zero-order valence-corrected chi connectivity index (χ0v) is 20.6. The van der Waals surface area contributed by atoms with Crippen molar-refractivity contribution in [3.05, 3.63) is 60.7 Å². The molecule has 6 N–H and O–H groups in total. The Morgan fingerprint density at radius 1 is 0.853 bits per heavy atom. The van der Waals surface area contributed by atoms with Crippen LogP contribution in [-0.2, 0) is 0 Å². The van der Waals surface area contributed by atoms with E-state index in [1.165, 1.54) is 18.2 Å². The highest BCUT2D eigenvalue weighted by Gasteiger charge is 2.10. The van der Waals surface area contributed by atoms with Gasteiger partial charge in [-0.3, -0.25) is 0 Å². The lowest BCUT2D eigenvalue weighted by molar-refractivity contribution is 0.102. The Hall–Kier alpha value is -2.78. The molecular weight excluding hydrogens is 436 g/mol. The van der Waals surface area contributed by atoms with Crippen molar-refractivity contribution < 1.29 is 29.9 Å². The lowest BCUT2D eigenvalue weighted by Gasteiger charge is -2.16. The van der Waals surface area contributed by atoms with E-state index < -0.39 is 12.2 Å². The molecule has 0 spiro atoms. The van der Waals surface area contributed by atoms with Gasteiger partial charge in [-0.25, -0.2) is 0 Å². The van der Waals surface area contributed by atoms with Crippen molar-refractivity contribution in [2.45, 2.75) is 52.0 Å². The molecule has 0 aliphatic rings. The topological polar surface area (TPSA) is 123 Å². The Labute approximate surface area is 202 Å². The van der Waals surface area contributed by atoms with Crippen LogP contribution in [0.15, 0.2) is 55.1 Å². The van der Waals surface area contributed by atoms with Crippen molar-refractivity contribution in [1.29, 1.82) is 0 Å². The molecule has 2 atom stereocenters. The highest BCUT2D eigenvalue weighted by atomic mass is 16.5. The molecule has 0 saturated heterocycles. The largest absolute Gasteiger partial charge is 0.508 e. The molecule has 0 fully saturated rings. The van der Waals surface area contributed by atoms with Crippen molar-refractivity contribution in [3.63, 3.8) is 0 Å². The first kappa shape index (κ1) is 29.3. The molecule has 2 aromatic carbocycles. The first-order chi connectivity index (χ1) is 16.1. The van der Waals surface area contributed by atoms with Crippen molar-refractivity contribution in [2.24, 2.45) is 0 Å². The number of hydrogen-bond acceptors (Lipinski definition) is 8. The summed E-state index contributed by atoms with van der Waals surface area (Å²) in [6.45, 7) is 13.2. The maximum atomic E-state index is 9.78. The molecule has 0 aliphatic carbocycles. The number of nitrogens with one attached hydrogen (secondary N) is 2. The second-order valence-corrected chi connectivity index (χ2v) is 8.44. The van der Waals surface area contributed by atoms with Crippen LogP contribution in [0.3, 0.4) is 0 Å². The number of hydrogen-bond donors (Lipinski definition) is 6. The summed E-state index contributed by atoms with van der Waals surface area (Å²) in [7, 11) is 0. The summed E-state index contributed by atoms with van der Waals surface area (Å²) in [6.07, 6.45) is 0.401. The average Bonchev–Trinajstić information content (AvgIpc) is 2.78. The molecule has 190 valence electrons. The fraction of sp³-hybridized carbons (Fsp3) is 0.462. The van der Waals surface area contributed by atoms with E-state index in [0.29, 0.717) is 42.8 Å². The van der Waals surface area contributed by atoms with Crippen LogP contribution in [0.5, 0.6) is 23.0 Å². The Morgan fingerprint density at radius 3 is 1.91 bits per heavy atom. The van der Waals surface area contributed by atoms with Crippen LogP contribution in [0, 0.1) is 0 Å².